The molecule has 10 nitrogen and oxygen atoms in total. The molecule has 0 saturated heterocycles. The number of rotatable bonds is 5. The maximum absolute atomic E-state index is 13.1. The predicted octanol–water partition coefficient (Wildman–Crippen LogP) is 2.64. The van der Waals surface area contributed by atoms with E-state index in [2.05, 4.69) is 37.0 Å². The van der Waals surface area contributed by atoms with Crippen molar-refractivity contribution in [2.45, 2.75) is 25.4 Å². The maximum atomic E-state index is 13.1. The third kappa shape index (κ3) is 3.92. The molecule has 0 spiro atoms. The summed E-state index contributed by atoms with van der Waals surface area (Å²) in [6.45, 7) is 0.194. The molecule has 1 atom stereocenters. The lowest BCUT2D eigenvalue weighted by Gasteiger charge is -2.18. The molecule has 1 aliphatic carbocycles. The van der Waals surface area contributed by atoms with E-state index in [9.17, 15) is 14.4 Å². The molecular formula is C26H22N6O4. The van der Waals surface area contributed by atoms with Crippen LogP contribution < -0.4 is 20.7 Å². The number of ether oxygens (including phenoxy) is 1. The average molecular weight is 483 g/mol. The number of hydrogen-bond acceptors (Lipinski definition) is 6. The maximum Gasteiger partial charge on any atom is 0.272 e. The van der Waals surface area contributed by atoms with Gasteiger partial charge in [0.2, 0.25) is 0 Å². The third-order valence-electron chi connectivity index (χ3n) is 6.49. The van der Waals surface area contributed by atoms with Crippen molar-refractivity contribution in [1.82, 2.24) is 25.6 Å². The molecule has 1 aliphatic heterocycles. The summed E-state index contributed by atoms with van der Waals surface area (Å²) in [5, 5.41) is 8.67. The average Bonchev–Trinajstić information content (AvgIpc) is 3.51. The van der Waals surface area contributed by atoms with E-state index in [0.29, 0.717) is 28.0 Å². The van der Waals surface area contributed by atoms with Crippen molar-refractivity contribution in [3.63, 3.8) is 0 Å². The molecule has 3 amide bonds. The molecule has 2 aliphatic rings. The summed E-state index contributed by atoms with van der Waals surface area (Å²) in [5.41, 5.74) is 4.99. The van der Waals surface area contributed by atoms with Gasteiger partial charge in [-0.1, -0.05) is 30.3 Å². The van der Waals surface area contributed by atoms with Crippen molar-refractivity contribution in [1.29, 1.82) is 0 Å². The fourth-order valence-corrected chi connectivity index (χ4v) is 4.73. The van der Waals surface area contributed by atoms with Crippen LogP contribution in [0.4, 0.5) is 5.69 Å². The molecule has 0 saturated carbocycles. The van der Waals surface area contributed by atoms with Crippen LogP contribution in [0.2, 0.25) is 0 Å². The highest BCUT2D eigenvalue weighted by atomic mass is 16.5. The van der Waals surface area contributed by atoms with Crippen LogP contribution in [0.25, 0.3) is 11.0 Å². The minimum absolute atomic E-state index is 0.0170. The normalized spacial score (nSPS) is 16.0. The van der Waals surface area contributed by atoms with Crippen molar-refractivity contribution in [3.05, 3.63) is 82.9 Å². The molecule has 180 valence electrons. The molecule has 10 heteroatoms. The Bertz CT molecular complexity index is 1530. The molecule has 36 heavy (non-hydrogen) atoms. The third-order valence-corrected chi connectivity index (χ3v) is 6.49. The number of carbonyl (C=O) groups excluding carboxylic acids is 3. The van der Waals surface area contributed by atoms with Crippen molar-refractivity contribution in [2.75, 3.05) is 11.9 Å². The predicted molar refractivity (Wildman–Crippen MR) is 131 cm³/mol. The number of nitrogens with one attached hydrogen (secondary N) is 4. The van der Waals surface area contributed by atoms with Crippen LogP contribution in [-0.2, 0) is 17.8 Å². The highest BCUT2D eigenvalue weighted by molar-refractivity contribution is 6.10. The van der Waals surface area contributed by atoms with Gasteiger partial charge in [-0.05, 0) is 41.7 Å². The second-order valence-electron chi connectivity index (χ2n) is 8.76. The number of H-pyrrole nitrogens is 1. The van der Waals surface area contributed by atoms with Crippen LogP contribution in [0.3, 0.4) is 0 Å². The van der Waals surface area contributed by atoms with Gasteiger partial charge in [-0.25, -0.2) is 9.97 Å². The first-order valence-electron chi connectivity index (χ1n) is 11.6. The standard InChI is InChI=1S/C26H22N6O4/c33-21-12-36-20-8-5-14(9-19(20)31-21)10-28-26(35)24-23-22(29-13-30-24)17(11-27-23)25(34)32-18-7-6-15-3-1-2-4-16(15)18/h1-5,8-9,11,13,18,27H,6-7,10,12H2,(H,28,35)(H,31,33)(H,32,34)/t18-/m0/s1. The van der Waals surface area contributed by atoms with Gasteiger partial charge < -0.3 is 25.7 Å². The van der Waals surface area contributed by atoms with Gasteiger partial charge in [0, 0.05) is 12.7 Å². The van der Waals surface area contributed by atoms with E-state index < -0.39 is 5.91 Å². The Morgan fingerprint density at radius 3 is 2.92 bits per heavy atom. The van der Waals surface area contributed by atoms with E-state index in [1.807, 2.05) is 24.3 Å². The molecule has 0 bridgehead atoms. The number of nitrogens with zero attached hydrogens (tertiary/aromatic N) is 2. The van der Waals surface area contributed by atoms with E-state index in [4.69, 9.17) is 4.74 Å². The molecule has 2 aromatic heterocycles. The summed E-state index contributed by atoms with van der Waals surface area (Å²) in [6, 6.07) is 13.3. The zero-order chi connectivity index (χ0) is 24.6. The Morgan fingerprint density at radius 2 is 2.00 bits per heavy atom. The number of hydrogen-bond donors (Lipinski definition) is 4. The minimum Gasteiger partial charge on any atom is -0.482 e. The van der Waals surface area contributed by atoms with E-state index in [-0.39, 0.29) is 36.7 Å². The molecule has 0 radical (unpaired) electrons. The number of aromatic amines is 1. The molecular weight excluding hydrogens is 460 g/mol. The first-order chi connectivity index (χ1) is 17.6. The van der Waals surface area contributed by atoms with Crippen LogP contribution in [0.5, 0.6) is 5.75 Å². The van der Waals surface area contributed by atoms with E-state index in [1.165, 1.54) is 11.9 Å². The van der Waals surface area contributed by atoms with Gasteiger partial charge in [-0.15, -0.1) is 0 Å². The first kappa shape index (κ1) is 21.8. The lowest BCUT2D eigenvalue weighted by molar-refractivity contribution is -0.118. The Labute approximate surface area is 205 Å². The molecule has 2 aromatic carbocycles. The molecule has 6 rings (SSSR count). The van der Waals surface area contributed by atoms with Gasteiger partial charge in [-0.2, -0.15) is 0 Å². The minimum atomic E-state index is -0.418. The van der Waals surface area contributed by atoms with Crippen LogP contribution in [0, 0.1) is 0 Å². The molecule has 3 heterocycles. The van der Waals surface area contributed by atoms with Crippen molar-refractivity contribution in [2.24, 2.45) is 0 Å². The number of carbonyl (C=O) groups is 3. The summed E-state index contributed by atoms with van der Waals surface area (Å²) in [4.78, 5) is 49.0. The first-order valence-corrected chi connectivity index (χ1v) is 11.6. The number of fused-ring (bicyclic) bond motifs is 3. The Balaban J connectivity index is 1.18. The number of amides is 3. The summed E-state index contributed by atoms with van der Waals surface area (Å²) in [5.74, 6) is -0.318. The number of benzene rings is 2. The van der Waals surface area contributed by atoms with E-state index in [0.717, 1.165) is 24.0 Å². The van der Waals surface area contributed by atoms with Gasteiger partial charge in [-0.3, -0.25) is 14.4 Å². The summed E-state index contributed by atoms with van der Waals surface area (Å²) >= 11 is 0. The van der Waals surface area contributed by atoms with E-state index >= 15 is 0 Å². The lowest BCUT2D eigenvalue weighted by Crippen LogP contribution is -2.27. The van der Waals surface area contributed by atoms with Gasteiger partial charge in [0.1, 0.15) is 17.6 Å². The number of aryl methyl sites for hydroxylation is 1. The fourth-order valence-electron chi connectivity index (χ4n) is 4.73. The smallest absolute Gasteiger partial charge is 0.272 e. The SMILES string of the molecule is O=C1COc2ccc(CNC(=O)c3ncnc4c(C(=O)N[C@H]5CCc6ccccc65)c[nH]c34)cc2N1. The zero-order valence-electron chi connectivity index (χ0n) is 19.1. The summed E-state index contributed by atoms with van der Waals surface area (Å²) in [7, 11) is 0. The quantitative estimate of drug-likeness (QED) is 0.345. The Hall–Kier alpha value is -4.73. The molecule has 0 fully saturated rings. The van der Waals surface area contributed by atoms with Crippen molar-refractivity contribution < 1.29 is 19.1 Å². The number of aromatic nitrogens is 3. The lowest BCUT2D eigenvalue weighted by atomic mass is 10.1. The van der Waals surface area contributed by atoms with Gasteiger partial charge in [0.05, 0.1) is 22.8 Å². The summed E-state index contributed by atoms with van der Waals surface area (Å²) in [6.07, 6.45) is 4.59. The topological polar surface area (TPSA) is 138 Å². The van der Waals surface area contributed by atoms with Gasteiger partial charge in [0.15, 0.2) is 12.3 Å². The van der Waals surface area contributed by atoms with Crippen LogP contribution in [0.15, 0.2) is 55.0 Å². The van der Waals surface area contributed by atoms with Crippen LogP contribution >= 0.6 is 0 Å². The van der Waals surface area contributed by atoms with Gasteiger partial charge >= 0.3 is 0 Å². The monoisotopic (exact) mass is 482 g/mol. The highest BCUT2D eigenvalue weighted by Crippen LogP contribution is 2.31. The summed E-state index contributed by atoms with van der Waals surface area (Å²) < 4.78 is 5.36. The van der Waals surface area contributed by atoms with Gasteiger partial charge in [0.25, 0.3) is 17.7 Å². The Morgan fingerprint density at radius 1 is 1.11 bits per heavy atom. The van der Waals surface area contributed by atoms with Crippen LogP contribution in [0.1, 0.15) is 50.0 Å². The number of anilines is 1. The largest absolute Gasteiger partial charge is 0.482 e. The fraction of sp³-hybridized carbons (Fsp3) is 0.192. The van der Waals surface area contributed by atoms with Crippen molar-refractivity contribution in [3.8, 4) is 5.75 Å². The second kappa shape index (κ2) is 8.81. The molecule has 4 N–H and O–H groups in total. The molecule has 4 aromatic rings. The zero-order valence-corrected chi connectivity index (χ0v) is 19.1. The Kier molecular flexibility index (Phi) is 5.33. The van der Waals surface area contributed by atoms with E-state index in [1.54, 1.807) is 18.3 Å². The van der Waals surface area contributed by atoms with Crippen molar-refractivity contribution >= 4 is 34.4 Å². The highest BCUT2D eigenvalue weighted by Gasteiger charge is 2.26. The second-order valence-corrected chi connectivity index (χ2v) is 8.76. The molecule has 0 unspecified atom stereocenters. The van der Waals surface area contributed by atoms with Crippen LogP contribution in [-0.4, -0.2) is 39.3 Å².